The van der Waals surface area contributed by atoms with Crippen molar-refractivity contribution in [3.8, 4) is 0 Å². The molecule has 0 saturated carbocycles. The molecule has 2 rings (SSSR count). The smallest absolute Gasteiger partial charge is 0.0898 e. The predicted molar refractivity (Wildman–Crippen MR) is 74.8 cm³/mol. The van der Waals surface area contributed by atoms with Gasteiger partial charge in [0.15, 0.2) is 0 Å². The van der Waals surface area contributed by atoms with Crippen molar-refractivity contribution in [3.63, 3.8) is 0 Å². The number of hydrogen-bond acceptors (Lipinski definition) is 4. The maximum atomic E-state index is 4.59. The van der Waals surface area contributed by atoms with Gasteiger partial charge in [-0.3, -0.25) is 4.68 Å². The lowest BCUT2D eigenvalue weighted by Crippen LogP contribution is -2.22. The molecular formula is C13H20N4S. The number of aromatic nitrogens is 3. The van der Waals surface area contributed by atoms with Crippen LogP contribution in [0.5, 0.6) is 0 Å². The number of nitrogens with one attached hydrogen (secondary N) is 1. The highest BCUT2D eigenvalue weighted by molar-refractivity contribution is 7.09. The average Bonchev–Trinajstić information content (AvgIpc) is 2.94. The fourth-order valence-corrected chi connectivity index (χ4v) is 2.75. The Morgan fingerprint density at radius 3 is 2.89 bits per heavy atom. The van der Waals surface area contributed by atoms with Gasteiger partial charge in [0.2, 0.25) is 0 Å². The summed E-state index contributed by atoms with van der Waals surface area (Å²) in [5, 5.41) is 11.0. The zero-order valence-corrected chi connectivity index (χ0v) is 12.0. The Kier molecular flexibility index (Phi) is 4.49. The number of rotatable bonds is 6. The SMILES string of the molecule is CCNC(CCc1ccnn1C)c1csc(C)n1. The van der Waals surface area contributed by atoms with Gasteiger partial charge in [0.05, 0.1) is 16.7 Å². The molecule has 0 aliphatic carbocycles. The zero-order chi connectivity index (χ0) is 13.0. The Balaban J connectivity index is 2.01. The quantitative estimate of drug-likeness (QED) is 0.871. The molecule has 1 atom stereocenters. The third kappa shape index (κ3) is 3.17. The Morgan fingerprint density at radius 1 is 1.50 bits per heavy atom. The molecule has 4 nitrogen and oxygen atoms in total. The van der Waals surface area contributed by atoms with Gasteiger partial charge in [-0.2, -0.15) is 5.10 Å². The van der Waals surface area contributed by atoms with Crippen LogP contribution in [0, 0.1) is 6.92 Å². The lowest BCUT2D eigenvalue weighted by molar-refractivity contribution is 0.497. The van der Waals surface area contributed by atoms with Gasteiger partial charge in [0.1, 0.15) is 0 Å². The normalized spacial score (nSPS) is 12.8. The summed E-state index contributed by atoms with van der Waals surface area (Å²) in [6.45, 7) is 5.15. The van der Waals surface area contributed by atoms with E-state index < -0.39 is 0 Å². The van der Waals surface area contributed by atoms with E-state index in [1.165, 1.54) is 11.4 Å². The third-order valence-electron chi connectivity index (χ3n) is 3.06. The van der Waals surface area contributed by atoms with Gasteiger partial charge >= 0.3 is 0 Å². The van der Waals surface area contributed by atoms with E-state index >= 15 is 0 Å². The van der Waals surface area contributed by atoms with Crippen molar-refractivity contribution in [3.05, 3.63) is 34.0 Å². The van der Waals surface area contributed by atoms with Gasteiger partial charge in [-0.15, -0.1) is 11.3 Å². The molecule has 2 aromatic heterocycles. The Morgan fingerprint density at radius 2 is 2.33 bits per heavy atom. The molecule has 0 aliphatic heterocycles. The van der Waals surface area contributed by atoms with Crippen LogP contribution in [0.25, 0.3) is 0 Å². The fourth-order valence-electron chi connectivity index (χ4n) is 2.08. The molecule has 98 valence electrons. The molecule has 1 unspecified atom stereocenters. The lowest BCUT2D eigenvalue weighted by atomic mass is 10.1. The van der Waals surface area contributed by atoms with Crippen molar-refractivity contribution in [2.75, 3.05) is 6.54 Å². The van der Waals surface area contributed by atoms with Crippen molar-refractivity contribution in [2.24, 2.45) is 7.05 Å². The van der Waals surface area contributed by atoms with Gasteiger partial charge in [-0.1, -0.05) is 6.92 Å². The van der Waals surface area contributed by atoms with Gasteiger partial charge in [0.25, 0.3) is 0 Å². The first-order valence-corrected chi connectivity index (χ1v) is 7.21. The lowest BCUT2D eigenvalue weighted by Gasteiger charge is -2.15. The van der Waals surface area contributed by atoms with E-state index in [1.807, 2.05) is 17.9 Å². The molecule has 0 saturated heterocycles. The Bertz CT molecular complexity index is 489. The standard InChI is InChI=1S/C13H20N4S/c1-4-14-12(13-9-18-10(2)16-13)6-5-11-7-8-15-17(11)3/h7-9,12,14H,4-6H2,1-3H3. The van der Waals surface area contributed by atoms with E-state index in [9.17, 15) is 0 Å². The predicted octanol–water partition coefficient (Wildman–Crippen LogP) is 2.47. The third-order valence-corrected chi connectivity index (χ3v) is 3.85. The van der Waals surface area contributed by atoms with Crippen molar-refractivity contribution < 1.29 is 0 Å². The summed E-state index contributed by atoms with van der Waals surface area (Å²) in [5.41, 5.74) is 2.44. The van der Waals surface area contributed by atoms with Gasteiger partial charge in [0, 0.05) is 24.3 Å². The van der Waals surface area contributed by atoms with Crippen LogP contribution in [0.1, 0.15) is 35.8 Å². The number of nitrogens with zero attached hydrogens (tertiary/aromatic N) is 3. The van der Waals surface area contributed by atoms with Crippen LogP contribution < -0.4 is 5.32 Å². The molecule has 0 radical (unpaired) electrons. The first-order chi connectivity index (χ1) is 8.70. The molecule has 5 heteroatoms. The summed E-state index contributed by atoms with van der Waals surface area (Å²) in [5.74, 6) is 0. The van der Waals surface area contributed by atoms with Gasteiger partial charge in [-0.25, -0.2) is 4.98 Å². The van der Waals surface area contributed by atoms with Gasteiger partial charge in [-0.05, 0) is 32.4 Å². The van der Waals surface area contributed by atoms with Crippen LogP contribution in [-0.2, 0) is 13.5 Å². The summed E-state index contributed by atoms with van der Waals surface area (Å²) >= 11 is 1.72. The van der Waals surface area contributed by atoms with E-state index in [4.69, 9.17) is 0 Å². The molecule has 0 aliphatic rings. The van der Waals surface area contributed by atoms with Crippen molar-refractivity contribution >= 4 is 11.3 Å². The van der Waals surface area contributed by atoms with Crippen LogP contribution in [0.4, 0.5) is 0 Å². The molecule has 18 heavy (non-hydrogen) atoms. The van der Waals surface area contributed by atoms with Crippen LogP contribution in [0.15, 0.2) is 17.6 Å². The Labute approximate surface area is 112 Å². The van der Waals surface area contributed by atoms with Crippen molar-refractivity contribution in [1.82, 2.24) is 20.1 Å². The molecule has 0 bridgehead atoms. The molecule has 2 heterocycles. The topological polar surface area (TPSA) is 42.7 Å². The monoisotopic (exact) mass is 264 g/mol. The van der Waals surface area contributed by atoms with Gasteiger partial charge < -0.3 is 5.32 Å². The van der Waals surface area contributed by atoms with Crippen LogP contribution in [0.3, 0.4) is 0 Å². The molecule has 2 aromatic rings. The molecule has 0 aromatic carbocycles. The van der Waals surface area contributed by atoms with E-state index in [0.717, 1.165) is 24.4 Å². The van der Waals surface area contributed by atoms with Crippen LogP contribution in [0.2, 0.25) is 0 Å². The van der Waals surface area contributed by atoms with E-state index in [1.54, 1.807) is 11.3 Å². The van der Waals surface area contributed by atoms with E-state index in [-0.39, 0.29) is 0 Å². The summed E-state index contributed by atoms with van der Waals surface area (Å²) in [6, 6.07) is 2.42. The molecule has 0 spiro atoms. The summed E-state index contributed by atoms with van der Waals surface area (Å²) in [6.07, 6.45) is 3.92. The summed E-state index contributed by atoms with van der Waals surface area (Å²) < 4.78 is 1.94. The number of thiazole rings is 1. The van der Waals surface area contributed by atoms with Crippen LogP contribution >= 0.6 is 11.3 Å². The summed E-state index contributed by atoms with van der Waals surface area (Å²) in [7, 11) is 1.99. The molecule has 1 N–H and O–H groups in total. The first kappa shape index (κ1) is 13.2. The minimum atomic E-state index is 0.342. The van der Waals surface area contributed by atoms with E-state index in [0.29, 0.717) is 6.04 Å². The second kappa shape index (κ2) is 6.11. The number of aryl methyl sites for hydroxylation is 3. The minimum Gasteiger partial charge on any atom is -0.309 e. The number of hydrogen-bond donors (Lipinski definition) is 1. The van der Waals surface area contributed by atoms with Crippen LogP contribution in [-0.4, -0.2) is 21.3 Å². The highest BCUT2D eigenvalue weighted by Gasteiger charge is 2.14. The highest BCUT2D eigenvalue weighted by atomic mass is 32.1. The first-order valence-electron chi connectivity index (χ1n) is 6.33. The maximum absolute atomic E-state index is 4.59. The minimum absolute atomic E-state index is 0.342. The molecule has 0 fully saturated rings. The van der Waals surface area contributed by atoms with Crippen molar-refractivity contribution in [1.29, 1.82) is 0 Å². The maximum Gasteiger partial charge on any atom is 0.0898 e. The highest BCUT2D eigenvalue weighted by Crippen LogP contribution is 2.21. The summed E-state index contributed by atoms with van der Waals surface area (Å²) in [4.78, 5) is 4.59. The second-order valence-corrected chi connectivity index (χ2v) is 5.45. The zero-order valence-electron chi connectivity index (χ0n) is 11.2. The fraction of sp³-hybridized carbons (Fsp3) is 0.538. The second-order valence-electron chi connectivity index (χ2n) is 4.39. The molecular weight excluding hydrogens is 244 g/mol. The average molecular weight is 264 g/mol. The Hall–Kier alpha value is -1.20. The molecule has 0 amide bonds. The van der Waals surface area contributed by atoms with E-state index in [2.05, 4.69) is 40.7 Å². The largest absolute Gasteiger partial charge is 0.309 e. The van der Waals surface area contributed by atoms with Crippen molar-refractivity contribution in [2.45, 2.75) is 32.7 Å².